The summed E-state index contributed by atoms with van der Waals surface area (Å²) in [5, 5.41) is 11.5. The van der Waals surface area contributed by atoms with E-state index in [1.165, 1.54) is 0 Å². The fourth-order valence-electron chi connectivity index (χ4n) is 4.43. The molecular weight excluding hydrogens is 404 g/mol. The lowest BCUT2D eigenvalue weighted by Crippen LogP contribution is -2.30. The molecule has 0 unspecified atom stereocenters. The molecule has 1 aliphatic rings. The van der Waals surface area contributed by atoms with Gasteiger partial charge in [0.1, 0.15) is 17.3 Å². The number of carbonyl (C=O) groups is 1. The summed E-state index contributed by atoms with van der Waals surface area (Å²) in [6.07, 6.45) is 3.35. The number of likely N-dealkylation sites (tertiary alicyclic amines) is 1. The van der Waals surface area contributed by atoms with Crippen molar-refractivity contribution in [3.8, 4) is 11.6 Å². The number of furan rings is 1. The molecule has 158 valence electrons. The van der Waals surface area contributed by atoms with Crippen LogP contribution in [0.3, 0.4) is 0 Å². The zero-order chi connectivity index (χ0) is 21.7. The van der Waals surface area contributed by atoms with Crippen LogP contribution < -0.4 is 0 Å². The first-order valence-corrected chi connectivity index (χ1v) is 10.7. The summed E-state index contributed by atoms with van der Waals surface area (Å²) in [5.74, 6) is 0.945. The van der Waals surface area contributed by atoms with Gasteiger partial charge in [-0.1, -0.05) is 35.9 Å². The smallest absolute Gasteiger partial charge is 0.290 e. The predicted molar refractivity (Wildman–Crippen MR) is 119 cm³/mol. The third kappa shape index (κ3) is 3.05. The van der Waals surface area contributed by atoms with Crippen LogP contribution in [0.5, 0.6) is 0 Å². The lowest BCUT2D eigenvalue weighted by Gasteiger charge is -2.20. The Morgan fingerprint density at radius 3 is 2.88 bits per heavy atom. The van der Waals surface area contributed by atoms with E-state index in [1.807, 2.05) is 55.5 Å². The van der Waals surface area contributed by atoms with Crippen LogP contribution in [0.2, 0.25) is 0 Å². The number of rotatable bonds is 3. The van der Waals surface area contributed by atoms with E-state index in [4.69, 9.17) is 8.83 Å². The van der Waals surface area contributed by atoms with Crippen LogP contribution >= 0.6 is 0 Å². The van der Waals surface area contributed by atoms with Gasteiger partial charge in [-0.05, 0) is 49.4 Å². The average Bonchev–Trinajstić information content (AvgIpc) is 3.56. The van der Waals surface area contributed by atoms with Crippen LogP contribution in [-0.2, 0) is 0 Å². The number of nitrogens with zero attached hydrogens (tertiary/aromatic N) is 4. The number of aryl methyl sites for hydroxylation is 1. The van der Waals surface area contributed by atoms with Crippen molar-refractivity contribution in [3.63, 3.8) is 0 Å². The van der Waals surface area contributed by atoms with Gasteiger partial charge in [0.25, 0.3) is 11.8 Å². The maximum Gasteiger partial charge on any atom is 0.290 e. The molecule has 0 spiro atoms. The second-order valence-electron chi connectivity index (χ2n) is 8.13. The Morgan fingerprint density at radius 2 is 1.94 bits per heavy atom. The summed E-state index contributed by atoms with van der Waals surface area (Å²) in [6.45, 7) is 2.63. The van der Waals surface area contributed by atoms with Crippen molar-refractivity contribution < 1.29 is 13.6 Å². The van der Waals surface area contributed by atoms with Crippen molar-refractivity contribution in [2.45, 2.75) is 25.8 Å². The Hall–Kier alpha value is -4.00. The Morgan fingerprint density at radius 1 is 1.03 bits per heavy atom. The highest BCUT2D eigenvalue weighted by atomic mass is 16.4. The highest BCUT2D eigenvalue weighted by Gasteiger charge is 2.36. The van der Waals surface area contributed by atoms with E-state index >= 15 is 0 Å². The van der Waals surface area contributed by atoms with Crippen molar-refractivity contribution in [3.05, 3.63) is 78.0 Å². The van der Waals surface area contributed by atoms with E-state index in [0.717, 1.165) is 34.6 Å². The summed E-state index contributed by atoms with van der Waals surface area (Å²) < 4.78 is 11.9. The number of fused-ring (bicyclic) bond motifs is 2. The van der Waals surface area contributed by atoms with Crippen LogP contribution in [-0.4, -0.2) is 32.5 Å². The molecule has 7 nitrogen and oxygen atoms in total. The number of hydrogen-bond donors (Lipinski definition) is 0. The third-order valence-corrected chi connectivity index (χ3v) is 6.00. The highest BCUT2D eigenvalue weighted by molar-refractivity contribution is 5.96. The molecule has 2 aromatic carbocycles. The molecule has 0 radical (unpaired) electrons. The highest BCUT2D eigenvalue weighted by Crippen LogP contribution is 2.35. The molecule has 5 aromatic rings. The van der Waals surface area contributed by atoms with Crippen molar-refractivity contribution in [2.24, 2.45) is 0 Å². The van der Waals surface area contributed by atoms with Gasteiger partial charge in [-0.3, -0.25) is 9.78 Å². The topological polar surface area (TPSA) is 85.3 Å². The standard InChI is InChI=1S/C25H20N4O3/c1-15-8-9-20-17(13-15)14-21(31-20)25(30)29-12-4-7-19(29)23-27-28-24(32-23)22-18-6-3-2-5-16(18)10-11-26-22/h2-3,5-6,8-11,13-14,19H,4,7,12H2,1H3/t19-/m1/s1. The molecule has 4 heterocycles. The molecule has 1 atom stereocenters. The van der Waals surface area contributed by atoms with Crippen LogP contribution in [0.15, 0.2) is 69.6 Å². The summed E-state index contributed by atoms with van der Waals surface area (Å²) in [4.78, 5) is 19.5. The first-order chi connectivity index (χ1) is 15.7. The van der Waals surface area contributed by atoms with E-state index in [2.05, 4.69) is 15.2 Å². The zero-order valence-electron chi connectivity index (χ0n) is 17.5. The van der Waals surface area contributed by atoms with Crippen LogP contribution in [0, 0.1) is 6.92 Å². The maximum atomic E-state index is 13.3. The molecule has 6 rings (SSSR count). The van der Waals surface area contributed by atoms with Crippen molar-refractivity contribution in [1.82, 2.24) is 20.1 Å². The van der Waals surface area contributed by atoms with Gasteiger partial charge in [0, 0.05) is 23.5 Å². The summed E-state index contributed by atoms with van der Waals surface area (Å²) >= 11 is 0. The number of benzene rings is 2. The number of pyridine rings is 1. The van der Waals surface area contributed by atoms with Gasteiger partial charge in [0.05, 0.1) is 0 Å². The SMILES string of the molecule is Cc1ccc2oc(C(=O)N3CCC[C@@H]3c3nnc(-c4nccc5ccccc45)o3)cc2c1. The first kappa shape index (κ1) is 18.7. The minimum Gasteiger partial charge on any atom is -0.451 e. The molecule has 1 fully saturated rings. The fourth-order valence-corrected chi connectivity index (χ4v) is 4.43. The van der Waals surface area contributed by atoms with Crippen LogP contribution in [0.25, 0.3) is 33.3 Å². The molecular formula is C25H20N4O3. The Balaban J connectivity index is 1.32. The van der Waals surface area contributed by atoms with Gasteiger partial charge in [-0.2, -0.15) is 0 Å². The molecule has 3 aromatic heterocycles. The zero-order valence-corrected chi connectivity index (χ0v) is 17.5. The molecule has 0 bridgehead atoms. The van der Waals surface area contributed by atoms with Gasteiger partial charge in [0.15, 0.2) is 5.76 Å². The van der Waals surface area contributed by atoms with E-state index in [-0.39, 0.29) is 11.9 Å². The maximum absolute atomic E-state index is 13.3. The first-order valence-electron chi connectivity index (χ1n) is 10.7. The Bertz CT molecular complexity index is 1460. The summed E-state index contributed by atoms with van der Waals surface area (Å²) in [5.41, 5.74) is 2.47. The average molecular weight is 424 g/mol. The molecule has 1 saturated heterocycles. The van der Waals surface area contributed by atoms with Crippen LogP contribution in [0.4, 0.5) is 0 Å². The van der Waals surface area contributed by atoms with E-state index < -0.39 is 0 Å². The molecule has 32 heavy (non-hydrogen) atoms. The van der Waals surface area contributed by atoms with Gasteiger partial charge in [0.2, 0.25) is 5.89 Å². The second kappa shape index (κ2) is 7.30. The predicted octanol–water partition coefficient (Wildman–Crippen LogP) is 5.32. The Kier molecular flexibility index (Phi) is 4.28. The van der Waals surface area contributed by atoms with E-state index in [0.29, 0.717) is 35.4 Å². The number of hydrogen-bond acceptors (Lipinski definition) is 6. The second-order valence-corrected chi connectivity index (χ2v) is 8.13. The minimum atomic E-state index is -0.284. The fraction of sp³-hybridized carbons (Fsp3) is 0.200. The van der Waals surface area contributed by atoms with Crippen LogP contribution in [0.1, 0.15) is 40.9 Å². The third-order valence-electron chi connectivity index (χ3n) is 6.00. The molecule has 0 N–H and O–H groups in total. The Labute approximate surface area is 183 Å². The number of aromatic nitrogens is 3. The quantitative estimate of drug-likeness (QED) is 0.390. The minimum absolute atomic E-state index is 0.163. The lowest BCUT2D eigenvalue weighted by atomic mass is 10.1. The van der Waals surface area contributed by atoms with E-state index in [1.54, 1.807) is 17.2 Å². The largest absolute Gasteiger partial charge is 0.451 e. The molecule has 0 saturated carbocycles. The number of amides is 1. The van der Waals surface area contributed by atoms with E-state index in [9.17, 15) is 4.79 Å². The summed E-state index contributed by atoms with van der Waals surface area (Å²) in [7, 11) is 0. The molecule has 1 aliphatic heterocycles. The molecule has 7 heteroatoms. The van der Waals surface area contributed by atoms with Gasteiger partial charge < -0.3 is 13.7 Å². The number of carbonyl (C=O) groups excluding carboxylic acids is 1. The lowest BCUT2D eigenvalue weighted by molar-refractivity contribution is 0.0686. The molecule has 0 aliphatic carbocycles. The monoisotopic (exact) mass is 424 g/mol. The van der Waals surface area contributed by atoms with Crippen molar-refractivity contribution >= 4 is 27.6 Å². The van der Waals surface area contributed by atoms with Gasteiger partial charge >= 0.3 is 0 Å². The summed E-state index contributed by atoms with van der Waals surface area (Å²) in [6, 6.07) is 17.3. The van der Waals surface area contributed by atoms with Crippen molar-refractivity contribution in [1.29, 1.82) is 0 Å². The van der Waals surface area contributed by atoms with Gasteiger partial charge in [-0.15, -0.1) is 10.2 Å². The normalized spacial score (nSPS) is 16.3. The molecule has 1 amide bonds. The van der Waals surface area contributed by atoms with Gasteiger partial charge in [-0.25, -0.2) is 0 Å². The van der Waals surface area contributed by atoms with Crippen molar-refractivity contribution in [2.75, 3.05) is 6.54 Å².